The predicted molar refractivity (Wildman–Crippen MR) is 143 cm³/mol. The summed E-state index contributed by atoms with van der Waals surface area (Å²) in [5.41, 5.74) is -0.520. The number of sulfonamides is 1. The number of rotatable bonds is 9. The SMILES string of the molecule is O=C(CN1CCC(N(C2CC2)S(=O)(=O)c2cccc(C(F)(F)F)c2)CC1)Nc1cc(Cl)ccc1OCI. The summed E-state index contributed by atoms with van der Waals surface area (Å²) in [6.07, 6.45) is -2.31. The van der Waals surface area contributed by atoms with Crippen molar-refractivity contribution in [1.29, 1.82) is 0 Å². The second kappa shape index (κ2) is 11.6. The van der Waals surface area contributed by atoms with E-state index in [0.717, 1.165) is 12.1 Å². The summed E-state index contributed by atoms with van der Waals surface area (Å²) in [6.45, 7) is 1.06. The van der Waals surface area contributed by atoms with Gasteiger partial charge in [0.15, 0.2) is 0 Å². The fourth-order valence-electron chi connectivity index (χ4n) is 4.48. The van der Waals surface area contributed by atoms with E-state index < -0.39 is 21.8 Å². The number of benzene rings is 2. The quantitative estimate of drug-likeness (QED) is 0.286. The van der Waals surface area contributed by atoms with E-state index in [4.69, 9.17) is 16.3 Å². The fraction of sp³-hybridized carbons (Fsp3) is 0.458. The minimum atomic E-state index is -4.63. The van der Waals surface area contributed by atoms with Crippen molar-refractivity contribution in [2.45, 2.75) is 48.8 Å². The molecule has 1 saturated carbocycles. The molecule has 2 aliphatic rings. The first kappa shape index (κ1) is 28.4. The van der Waals surface area contributed by atoms with Gasteiger partial charge in [-0.15, -0.1) is 0 Å². The number of halogens is 5. The van der Waals surface area contributed by atoms with Gasteiger partial charge in [0.05, 0.1) is 22.7 Å². The number of piperidine rings is 1. The van der Waals surface area contributed by atoms with E-state index in [1.54, 1.807) is 18.2 Å². The Morgan fingerprint density at radius 2 is 1.78 bits per heavy atom. The zero-order valence-corrected chi connectivity index (χ0v) is 23.4. The second-order valence-corrected chi connectivity index (χ2v) is 11.9. The molecule has 202 valence electrons. The Bertz CT molecular complexity index is 1240. The van der Waals surface area contributed by atoms with Crippen LogP contribution in [0.2, 0.25) is 5.02 Å². The Balaban J connectivity index is 1.40. The summed E-state index contributed by atoms with van der Waals surface area (Å²) >= 11 is 8.10. The molecule has 0 spiro atoms. The van der Waals surface area contributed by atoms with Crippen LogP contribution in [-0.2, 0) is 21.0 Å². The third-order valence-corrected chi connectivity index (χ3v) is 8.90. The van der Waals surface area contributed by atoms with Crippen molar-refractivity contribution < 1.29 is 31.1 Å². The molecule has 2 aromatic rings. The maximum atomic E-state index is 13.4. The number of anilines is 1. The zero-order valence-electron chi connectivity index (χ0n) is 19.7. The summed E-state index contributed by atoms with van der Waals surface area (Å²) in [4.78, 5) is 14.3. The van der Waals surface area contributed by atoms with Crippen LogP contribution in [0.15, 0.2) is 47.4 Å². The van der Waals surface area contributed by atoms with Gasteiger partial charge in [0.2, 0.25) is 15.9 Å². The summed E-state index contributed by atoms with van der Waals surface area (Å²) in [5.74, 6) is 0.250. The molecule has 1 amide bonds. The lowest BCUT2D eigenvalue weighted by Gasteiger charge is -2.37. The molecule has 1 N–H and O–H groups in total. The van der Waals surface area contributed by atoms with Crippen LogP contribution >= 0.6 is 34.2 Å². The lowest BCUT2D eigenvalue weighted by atomic mass is 10.0. The van der Waals surface area contributed by atoms with Crippen LogP contribution in [0.4, 0.5) is 18.9 Å². The monoisotopic (exact) mass is 671 g/mol. The van der Waals surface area contributed by atoms with E-state index in [9.17, 15) is 26.4 Å². The van der Waals surface area contributed by atoms with E-state index >= 15 is 0 Å². The van der Waals surface area contributed by atoms with Gasteiger partial charge in [0.25, 0.3) is 0 Å². The Morgan fingerprint density at radius 1 is 1.11 bits per heavy atom. The molecule has 0 unspecified atom stereocenters. The molecule has 13 heteroatoms. The number of amides is 1. The Kier molecular flexibility index (Phi) is 8.94. The lowest BCUT2D eigenvalue weighted by Crippen LogP contribution is -2.49. The minimum absolute atomic E-state index is 0.104. The van der Waals surface area contributed by atoms with E-state index in [2.05, 4.69) is 27.9 Å². The fourth-order valence-corrected chi connectivity index (χ4v) is 6.97. The highest BCUT2D eigenvalue weighted by molar-refractivity contribution is 14.1. The number of ether oxygens (including phenoxy) is 1. The number of alkyl halides is 4. The molecule has 0 bridgehead atoms. The highest BCUT2D eigenvalue weighted by Crippen LogP contribution is 2.38. The van der Waals surface area contributed by atoms with Crippen molar-refractivity contribution in [2.75, 3.05) is 29.6 Å². The second-order valence-electron chi connectivity index (χ2n) is 9.04. The lowest BCUT2D eigenvalue weighted by molar-refractivity contribution is -0.137. The van der Waals surface area contributed by atoms with Crippen molar-refractivity contribution in [3.63, 3.8) is 0 Å². The Labute approximate surface area is 232 Å². The van der Waals surface area contributed by atoms with Crippen LogP contribution < -0.4 is 10.1 Å². The topological polar surface area (TPSA) is 79.0 Å². The molecule has 37 heavy (non-hydrogen) atoms. The number of nitrogens with zero attached hydrogens (tertiary/aromatic N) is 2. The van der Waals surface area contributed by atoms with Gasteiger partial charge in [0.1, 0.15) is 10.4 Å². The van der Waals surface area contributed by atoms with E-state index in [1.165, 1.54) is 10.4 Å². The molecule has 1 heterocycles. The molecular formula is C24H26ClF3IN3O4S. The molecule has 4 rings (SSSR count). The average Bonchev–Trinajstić information content (AvgIpc) is 3.66. The van der Waals surface area contributed by atoms with Gasteiger partial charge in [-0.05, 0) is 84.7 Å². The number of carbonyl (C=O) groups is 1. The maximum Gasteiger partial charge on any atom is 0.416 e. The summed E-state index contributed by atoms with van der Waals surface area (Å²) in [5, 5.41) is 3.27. The van der Waals surface area contributed by atoms with Crippen LogP contribution in [0, 0.1) is 0 Å². The summed E-state index contributed by atoms with van der Waals surface area (Å²) < 4.78 is 73.7. The van der Waals surface area contributed by atoms with Crippen molar-refractivity contribution in [3.8, 4) is 5.75 Å². The number of carbonyl (C=O) groups excluding carboxylic acids is 1. The molecular weight excluding hydrogens is 646 g/mol. The molecule has 0 radical (unpaired) electrons. The van der Waals surface area contributed by atoms with Crippen molar-refractivity contribution >= 4 is 55.8 Å². The smallest absolute Gasteiger partial charge is 0.416 e. The molecule has 2 aromatic carbocycles. The molecule has 2 fully saturated rings. The third kappa shape index (κ3) is 7.08. The first-order valence-electron chi connectivity index (χ1n) is 11.7. The Morgan fingerprint density at radius 3 is 2.41 bits per heavy atom. The molecule has 7 nitrogen and oxygen atoms in total. The van der Waals surface area contributed by atoms with Gasteiger partial charge in [-0.2, -0.15) is 17.5 Å². The number of hydrogen-bond acceptors (Lipinski definition) is 5. The summed E-state index contributed by atoms with van der Waals surface area (Å²) in [7, 11) is -4.11. The van der Waals surface area contributed by atoms with Crippen molar-refractivity contribution in [3.05, 3.63) is 53.1 Å². The molecule has 1 aliphatic heterocycles. The van der Waals surface area contributed by atoms with Crippen molar-refractivity contribution in [1.82, 2.24) is 9.21 Å². The van der Waals surface area contributed by atoms with E-state index in [0.29, 0.717) is 65.9 Å². The first-order valence-corrected chi connectivity index (χ1v) is 15.0. The minimum Gasteiger partial charge on any atom is -0.481 e. The van der Waals surface area contributed by atoms with Gasteiger partial charge in [-0.3, -0.25) is 9.69 Å². The highest BCUT2D eigenvalue weighted by Gasteiger charge is 2.44. The van der Waals surface area contributed by atoms with Crippen molar-refractivity contribution in [2.24, 2.45) is 0 Å². The molecule has 1 aliphatic carbocycles. The van der Waals surface area contributed by atoms with Gasteiger partial charge in [-0.25, -0.2) is 8.42 Å². The summed E-state index contributed by atoms with van der Waals surface area (Å²) in [6, 6.07) is 8.31. The van der Waals surface area contributed by atoms with Crippen LogP contribution in [0.1, 0.15) is 31.2 Å². The predicted octanol–water partition coefficient (Wildman–Crippen LogP) is 5.39. The molecule has 0 atom stereocenters. The van der Waals surface area contributed by atoms with Gasteiger partial charge >= 0.3 is 6.18 Å². The maximum absolute atomic E-state index is 13.4. The number of likely N-dealkylation sites (tertiary alicyclic amines) is 1. The zero-order chi connectivity index (χ0) is 26.8. The van der Waals surface area contributed by atoms with Crippen LogP contribution in [0.3, 0.4) is 0 Å². The number of nitrogens with one attached hydrogen (secondary N) is 1. The first-order chi connectivity index (χ1) is 17.5. The normalized spacial score (nSPS) is 17.7. The van der Waals surface area contributed by atoms with E-state index in [1.807, 2.05) is 4.90 Å². The largest absolute Gasteiger partial charge is 0.481 e. The Hall–Kier alpha value is -1.61. The van der Waals surface area contributed by atoms with Gasteiger partial charge in [-0.1, -0.05) is 17.7 Å². The molecule has 1 saturated heterocycles. The number of hydrogen-bond donors (Lipinski definition) is 1. The van der Waals surface area contributed by atoms with Crippen LogP contribution in [0.25, 0.3) is 0 Å². The third-order valence-electron chi connectivity index (χ3n) is 6.35. The van der Waals surface area contributed by atoms with E-state index in [-0.39, 0.29) is 29.4 Å². The van der Waals surface area contributed by atoms with Crippen LogP contribution in [-0.4, -0.2) is 59.9 Å². The standard InChI is InChI=1S/C24H26ClF3IN3O4S/c25-17-4-7-22(36-15-29)21(13-17)30-23(33)14-31-10-8-19(9-11-31)32(18-5-6-18)37(34,35)20-3-1-2-16(12-20)24(26,27)28/h1-4,7,12-13,18-19H,5-6,8-11,14-15H2,(H,30,33). The highest BCUT2D eigenvalue weighted by atomic mass is 127. The average molecular weight is 672 g/mol. The van der Waals surface area contributed by atoms with Gasteiger partial charge in [0, 0.05) is 30.2 Å². The molecule has 0 aromatic heterocycles. The van der Waals surface area contributed by atoms with Crippen LogP contribution in [0.5, 0.6) is 5.75 Å². The van der Waals surface area contributed by atoms with Gasteiger partial charge < -0.3 is 10.1 Å².